The van der Waals surface area contributed by atoms with Crippen LogP contribution in [0.2, 0.25) is 10.0 Å². The Hall–Kier alpha value is -0.810. The quantitative estimate of drug-likeness (QED) is 0.442. The smallest absolute Gasteiger partial charge is 0.164 e. The van der Waals surface area contributed by atoms with E-state index in [1.807, 2.05) is 28.8 Å². The summed E-state index contributed by atoms with van der Waals surface area (Å²) in [5, 5.41) is 0.875. The number of halogens is 4. The fourth-order valence-corrected chi connectivity index (χ4v) is 3.02. The topological polar surface area (TPSA) is 30.7 Å². The number of pyridine rings is 1. The highest BCUT2D eigenvalue weighted by Gasteiger charge is 2.17. The zero-order chi connectivity index (χ0) is 14.3. The molecule has 3 rings (SSSR count). The standard InChI is InChI=1S/C13H7BrCl3N3/c14-7-3-4-9(12(17)11(7)16)20-10(6-15)19-8-2-1-5-18-13(8)20/h1-5H,6H2. The van der Waals surface area contributed by atoms with Crippen LogP contribution in [0.3, 0.4) is 0 Å². The summed E-state index contributed by atoms with van der Waals surface area (Å²) in [6, 6.07) is 7.39. The van der Waals surface area contributed by atoms with Crippen molar-refractivity contribution >= 4 is 61.9 Å². The lowest BCUT2D eigenvalue weighted by Crippen LogP contribution is -2.01. The summed E-state index contributed by atoms with van der Waals surface area (Å²) < 4.78 is 2.56. The molecule has 1 aromatic carbocycles. The predicted octanol–water partition coefficient (Wildman–Crippen LogP) is 5.23. The van der Waals surface area contributed by atoms with Gasteiger partial charge in [-0.25, -0.2) is 9.97 Å². The molecule has 7 heteroatoms. The van der Waals surface area contributed by atoms with Gasteiger partial charge in [0.25, 0.3) is 0 Å². The van der Waals surface area contributed by atoms with Gasteiger partial charge in [0.15, 0.2) is 5.65 Å². The van der Waals surface area contributed by atoms with Gasteiger partial charge in [0.1, 0.15) is 11.3 Å². The Morgan fingerprint density at radius 2 is 1.95 bits per heavy atom. The number of fused-ring (bicyclic) bond motifs is 1. The van der Waals surface area contributed by atoms with Gasteiger partial charge in [0.2, 0.25) is 0 Å². The molecule has 0 aliphatic rings. The van der Waals surface area contributed by atoms with E-state index in [9.17, 15) is 0 Å². The maximum absolute atomic E-state index is 6.34. The maximum Gasteiger partial charge on any atom is 0.164 e. The van der Waals surface area contributed by atoms with Crippen molar-refractivity contribution in [2.45, 2.75) is 5.88 Å². The lowest BCUT2D eigenvalue weighted by Gasteiger charge is -2.11. The Labute approximate surface area is 138 Å². The van der Waals surface area contributed by atoms with Crippen molar-refractivity contribution in [1.29, 1.82) is 0 Å². The molecule has 0 amide bonds. The zero-order valence-corrected chi connectivity index (χ0v) is 13.8. The van der Waals surface area contributed by atoms with Gasteiger partial charge in [-0.15, -0.1) is 11.6 Å². The van der Waals surface area contributed by atoms with Gasteiger partial charge in [0, 0.05) is 10.7 Å². The average molecular weight is 391 g/mol. The molecule has 2 heterocycles. The summed E-state index contributed by atoms with van der Waals surface area (Å²) in [7, 11) is 0. The molecule has 3 nitrogen and oxygen atoms in total. The first-order valence-corrected chi connectivity index (χ1v) is 7.74. The van der Waals surface area contributed by atoms with E-state index in [4.69, 9.17) is 34.8 Å². The molecule has 0 aliphatic carbocycles. The van der Waals surface area contributed by atoms with E-state index in [2.05, 4.69) is 25.9 Å². The first-order chi connectivity index (χ1) is 9.63. The van der Waals surface area contributed by atoms with E-state index in [0.29, 0.717) is 27.2 Å². The molecule has 0 spiro atoms. The molecule has 102 valence electrons. The van der Waals surface area contributed by atoms with Crippen LogP contribution in [0.15, 0.2) is 34.9 Å². The van der Waals surface area contributed by atoms with Gasteiger partial charge in [-0.1, -0.05) is 23.2 Å². The second kappa shape index (κ2) is 5.53. The normalized spacial score (nSPS) is 11.2. The first kappa shape index (κ1) is 14.1. The van der Waals surface area contributed by atoms with Gasteiger partial charge >= 0.3 is 0 Å². The van der Waals surface area contributed by atoms with Crippen molar-refractivity contribution in [2.75, 3.05) is 0 Å². The maximum atomic E-state index is 6.34. The van der Waals surface area contributed by atoms with Crippen molar-refractivity contribution < 1.29 is 0 Å². The van der Waals surface area contributed by atoms with Crippen LogP contribution >= 0.6 is 50.7 Å². The highest BCUT2D eigenvalue weighted by molar-refractivity contribution is 9.10. The van der Waals surface area contributed by atoms with Crippen LogP contribution in [-0.2, 0) is 5.88 Å². The Morgan fingerprint density at radius 3 is 2.70 bits per heavy atom. The second-order valence-electron chi connectivity index (χ2n) is 4.04. The SMILES string of the molecule is ClCc1nc2cccnc2n1-c1ccc(Br)c(Cl)c1Cl. The second-order valence-corrected chi connectivity index (χ2v) is 5.92. The molecule has 0 bridgehead atoms. The average Bonchev–Trinajstić information content (AvgIpc) is 2.84. The number of aromatic nitrogens is 3. The van der Waals surface area contributed by atoms with E-state index < -0.39 is 0 Å². The monoisotopic (exact) mass is 389 g/mol. The summed E-state index contributed by atoms with van der Waals surface area (Å²) in [5.41, 5.74) is 2.17. The first-order valence-electron chi connectivity index (χ1n) is 5.65. The summed E-state index contributed by atoms with van der Waals surface area (Å²) in [6.45, 7) is 0. The van der Waals surface area contributed by atoms with Crippen LogP contribution in [0.25, 0.3) is 16.9 Å². The van der Waals surface area contributed by atoms with E-state index >= 15 is 0 Å². The van der Waals surface area contributed by atoms with Gasteiger partial charge < -0.3 is 0 Å². The number of benzene rings is 1. The molecular weight excluding hydrogens is 384 g/mol. The molecule has 3 aromatic rings. The number of hydrogen-bond donors (Lipinski definition) is 0. The largest absolute Gasteiger partial charge is 0.278 e. The number of alkyl halides is 1. The number of nitrogens with zero attached hydrogens (tertiary/aromatic N) is 3. The van der Waals surface area contributed by atoms with Crippen LogP contribution < -0.4 is 0 Å². The van der Waals surface area contributed by atoms with E-state index in [1.165, 1.54) is 0 Å². The lowest BCUT2D eigenvalue weighted by molar-refractivity contribution is 0.969. The van der Waals surface area contributed by atoms with Crippen LogP contribution in [0, 0.1) is 0 Å². The number of imidazole rings is 1. The van der Waals surface area contributed by atoms with E-state index in [1.54, 1.807) is 6.20 Å². The van der Waals surface area contributed by atoms with Gasteiger partial charge in [-0.3, -0.25) is 4.57 Å². The molecule has 0 fully saturated rings. The van der Waals surface area contributed by atoms with Crippen LogP contribution in [-0.4, -0.2) is 14.5 Å². The minimum Gasteiger partial charge on any atom is -0.278 e. The fourth-order valence-electron chi connectivity index (χ4n) is 1.99. The Balaban J connectivity index is 2.37. The van der Waals surface area contributed by atoms with Gasteiger partial charge in [-0.2, -0.15) is 0 Å². The molecule has 2 aromatic heterocycles. The summed E-state index contributed by atoms with van der Waals surface area (Å²) >= 11 is 21.8. The highest BCUT2D eigenvalue weighted by Crippen LogP contribution is 2.36. The van der Waals surface area contributed by atoms with Crippen LogP contribution in [0.5, 0.6) is 0 Å². The van der Waals surface area contributed by atoms with E-state index in [0.717, 1.165) is 9.99 Å². The third-order valence-electron chi connectivity index (χ3n) is 2.86. The fraction of sp³-hybridized carbons (Fsp3) is 0.0769. The molecule has 0 unspecified atom stereocenters. The van der Waals surface area contributed by atoms with Crippen molar-refractivity contribution in [2.24, 2.45) is 0 Å². The molecule has 0 saturated heterocycles. The lowest BCUT2D eigenvalue weighted by atomic mass is 10.3. The molecule has 20 heavy (non-hydrogen) atoms. The van der Waals surface area contributed by atoms with Gasteiger partial charge in [-0.05, 0) is 40.2 Å². The van der Waals surface area contributed by atoms with Crippen LogP contribution in [0.1, 0.15) is 5.82 Å². The third-order valence-corrected chi connectivity index (χ3v) is 4.86. The van der Waals surface area contributed by atoms with Crippen molar-refractivity contribution in [3.05, 3.63) is 50.8 Å². The van der Waals surface area contributed by atoms with Crippen molar-refractivity contribution in [1.82, 2.24) is 14.5 Å². The molecule has 0 saturated carbocycles. The molecule has 0 atom stereocenters. The van der Waals surface area contributed by atoms with Crippen LogP contribution in [0.4, 0.5) is 0 Å². The molecule has 0 aliphatic heterocycles. The zero-order valence-electron chi connectivity index (χ0n) is 9.95. The third kappa shape index (κ3) is 2.21. The number of hydrogen-bond acceptors (Lipinski definition) is 2. The van der Waals surface area contributed by atoms with Crippen molar-refractivity contribution in [3.63, 3.8) is 0 Å². The summed E-state index contributed by atoms with van der Waals surface area (Å²) in [5.74, 6) is 0.918. The summed E-state index contributed by atoms with van der Waals surface area (Å²) in [4.78, 5) is 8.80. The Morgan fingerprint density at radius 1 is 1.15 bits per heavy atom. The van der Waals surface area contributed by atoms with Crippen molar-refractivity contribution in [3.8, 4) is 5.69 Å². The highest BCUT2D eigenvalue weighted by atomic mass is 79.9. The minimum atomic E-state index is 0.250. The molecule has 0 N–H and O–H groups in total. The number of rotatable bonds is 2. The molecular formula is C13H7BrCl3N3. The summed E-state index contributed by atoms with van der Waals surface area (Å²) in [6.07, 6.45) is 1.70. The Bertz CT molecular complexity index is 801. The Kier molecular flexibility index (Phi) is 3.91. The predicted molar refractivity (Wildman–Crippen MR) is 86.1 cm³/mol. The minimum absolute atomic E-state index is 0.250. The van der Waals surface area contributed by atoms with Gasteiger partial charge in [0.05, 0.1) is 21.6 Å². The van der Waals surface area contributed by atoms with E-state index in [-0.39, 0.29) is 5.88 Å². The molecule has 0 radical (unpaired) electrons.